The van der Waals surface area contributed by atoms with Crippen LogP contribution in [0.25, 0.3) is 0 Å². The Morgan fingerprint density at radius 3 is 1.94 bits per heavy atom. The van der Waals surface area contributed by atoms with E-state index in [-0.39, 0.29) is 5.60 Å². The second-order valence-electron chi connectivity index (χ2n) is 6.47. The lowest BCUT2D eigenvalue weighted by atomic mass is 9.87. The van der Waals surface area contributed by atoms with Crippen molar-refractivity contribution >= 4 is 0 Å². The van der Waals surface area contributed by atoms with E-state index >= 15 is 0 Å². The molecule has 0 aliphatic rings. The summed E-state index contributed by atoms with van der Waals surface area (Å²) in [6.07, 6.45) is 0.924. The van der Waals surface area contributed by atoms with Crippen LogP contribution in [0.4, 0.5) is 0 Å². The summed E-state index contributed by atoms with van der Waals surface area (Å²) in [5, 5.41) is 0. The van der Waals surface area contributed by atoms with Crippen molar-refractivity contribution in [3.05, 3.63) is 35.9 Å². The molecule has 0 bridgehead atoms. The molecule has 0 fully saturated rings. The van der Waals surface area contributed by atoms with Gasteiger partial charge in [0.1, 0.15) is 5.60 Å². The third kappa shape index (κ3) is 4.79. The molecule has 2 heteroatoms. The van der Waals surface area contributed by atoms with Gasteiger partial charge in [0.05, 0.1) is 5.60 Å². The van der Waals surface area contributed by atoms with Crippen molar-refractivity contribution < 1.29 is 9.78 Å². The predicted molar refractivity (Wildman–Crippen MR) is 75.2 cm³/mol. The fourth-order valence-corrected chi connectivity index (χ4v) is 1.99. The van der Waals surface area contributed by atoms with Gasteiger partial charge < -0.3 is 0 Å². The van der Waals surface area contributed by atoms with Crippen LogP contribution in [0, 0.1) is 5.92 Å². The van der Waals surface area contributed by atoms with E-state index < -0.39 is 5.60 Å². The van der Waals surface area contributed by atoms with Crippen LogP contribution >= 0.6 is 0 Å². The van der Waals surface area contributed by atoms with Gasteiger partial charge in [-0.3, -0.25) is 0 Å². The lowest BCUT2D eigenvalue weighted by Crippen LogP contribution is -2.32. The Labute approximate surface area is 111 Å². The van der Waals surface area contributed by atoms with Crippen molar-refractivity contribution in [1.82, 2.24) is 0 Å². The molecule has 0 saturated carbocycles. The lowest BCUT2D eigenvalue weighted by Gasteiger charge is -2.33. The first-order valence-corrected chi connectivity index (χ1v) is 6.65. The van der Waals surface area contributed by atoms with Crippen LogP contribution in [0.2, 0.25) is 0 Å². The Balaban J connectivity index is 2.89. The Kier molecular flexibility index (Phi) is 4.94. The summed E-state index contributed by atoms with van der Waals surface area (Å²) >= 11 is 0. The van der Waals surface area contributed by atoms with Gasteiger partial charge in [0.2, 0.25) is 0 Å². The molecule has 0 N–H and O–H groups in total. The number of hydrogen-bond donors (Lipinski definition) is 0. The highest BCUT2D eigenvalue weighted by Gasteiger charge is 2.31. The predicted octanol–water partition coefficient (Wildman–Crippen LogP) is 4.69. The number of benzene rings is 1. The molecule has 102 valence electrons. The summed E-state index contributed by atoms with van der Waals surface area (Å²) in [7, 11) is 0. The van der Waals surface area contributed by atoms with Crippen LogP contribution in [0.15, 0.2) is 30.3 Å². The second kappa shape index (κ2) is 5.85. The smallest absolute Gasteiger partial charge is 0.126 e. The average Bonchev–Trinajstić information content (AvgIpc) is 2.26. The number of hydrogen-bond acceptors (Lipinski definition) is 2. The van der Waals surface area contributed by atoms with Gasteiger partial charge in [-0.1, -0.05) is 44.2 Å². The normalized spacial score (nSPS) is 15.7. The molecule has 1 rings (SSSR count). The van der Waals surface area contributed by atoms with Crippen molar-refractivity contribution in [3.8, 4) is 0 Å². The molecule has 0 radical (unpaired) electrons. The molecule has 0 spiro atoms. The minimum absolute atomic E-state index is 0.299. The SMILES string of the molecule is CC(C)CC(C)(OOC(C)(C)C)c1ccccc1. The summed E-state index contributed by atoms with van der Waals surface area (Å²) in [6, 6.07) is 10.3. The third-order valence-corrected chi connectivity index (χ3v) is 2.66. The molecule has 1 atom stereocenters. The van der Waals surface area contributed by atoms with Gasteiger partial charge in [0.15, 0.2) is 0 Å². The molecule has 1 aromatic rings. The monoisotopic (exact) mass is 250 g/mol. The Hall–Kier alpha value is -0.860. The van der Waals surface area contributed by atoms with Crippen molar-refractivity contribution in [2.45, 2.75) is 59.2 Å². The third-order valence-electron chi connectivity index (χ3n) is 2.66. The Bertz CT molecular complexity index is 351. The van der Waals surface area contributed by atoms with Crippen LogP contribution in [-0.2, 0) is 15.4 Å². The van der Waals surface area contributed by atoms with Crippen LogP contribution in [0.3, 0.4) is 0 Å². The first-order chi connectivity index (χ1) is 8.23. The highest BCUT2D eigenvalue weighted by molar-refractivity contribution is 5.21. The molecule has 0 aliphatic heterocycles. The van der Waals surface area contributed by atoms with Gasteiger partial charge in [-0.25, -0.2) is 9.78 Å². The van der Waals surface area contributed by atoms with Crippen LogP contribution < -0.4 is 0 Å². The zero-order chi connectivity index (χ0) is 13.8. The molecular weight excluding hydrogens is 224 g/mol. The van der Waals surface area contributed by atoms with Gasteiger partial charge in [-0.05, 0) is 45.6 Å². The Morgan fingerprint density at radius 2 is 1.50 bits per heavy atom. The maximum Gasteiger partial charge on any atom is 0.126 e. The van der Waals surface area contributed by atoms with Crippen LogP contribution in [-0.4, -0.2) is 5.60 Å². The maximum absolute atomic E-state index is 5.79. The first kappa shape index (κ1) is 15.2. The molecule has 18 heavy (non-hydrogen) atoms. The quantitative estimate of drug-likeness (QED) is 0.557. The van der Waals surface area contributed by atoms with E-state index in [4.69, 9.17) is 9.78 Å². The first-order valence-electron chi connectivity index (χ1n) is 6.65. The second-order valence-corrected chi connectivity index (χ2v) is 6.47. The van der Waals surface area contributed by atoms with Crippen molar-refractivity contribution in [1.29, 1.82) is 0 Å². The van der Waals surface area contributed by atoms with E-state index in [1.165, 1.54) is 0 Å². The Morgan fingerprint density at radius 1 is 0.944 bits per heavy atom. The van der Waals surface area contributed by atoms with E-state index in [1.54, 1.807) is 0 Å². The summed E-state index contributed by atoms with van der Waals surface area (Å²) in [6.45, 7) is 12.5. The molecule has 1 aromatic carbocycles. The van der Waals surface area contributed by atoms with Crippen molar-refractivity contribution in [3.63, 3.8) is 0 Å². The zero-order valence-corrected chi connectivity index (χ0v) is 12.5. The highest BCUT2D eigenvalue weighted by atomic mass is 17.2. The van der Waals surface area contributed by atoms with E-state index in [2.05, 4.69) is 32.9 Å². The van der Waals surface area contributed by atoms with E-state index in [0.29, 0.717) is 5.92 Å². The fraction of sp³-hybridized carbons (Fsp3) is 0.625. The molecule has 2 nitrogen and oxygen atoms in total. The van der Waals surface area contributed by atoms with Crippen LogP contribution in [0.1, 0.15) is 53.5 Å². The van der Waals surface area contributed by atoms with Gasteiger partial charge in [-0.15, -0.1) is 0 Å². The highest BCUT2D eigenvalue weighted by Crippen LogP contribution is 2.33. The topological polar surface area (TPSA) is 18.5 Å². The summed E-state index contributed by atoms with van der Waals surface area (Å²) in [5.41, 5.74) is 0.457. The largest absolute Gasteiger partial charge is 0.230 e. The summed E-state index contributed by atoms with van der Waals surface area (Å²) < 4.78 is 0. The van der Waals surface area contributed by atoms with Gasteiger partial charge in [-0.2, -0.15) is 0 Å². The maximum atomic E-state index is 5.79. The molecule has 1 unspecified atom stereocenters. The lowest BCUT2D eigenvalue weighted by molar-refractivity contribution is -0.408. The standard InChI is InChI=1S/C16H26O2/c1-13(2)12-16(6,18-17-15(3,4)5)14-10-8-7-9-11-14/h7-11,13H,12H2,1-6H3. The van der Waals surface area contributed by atoms with E-state index in [9.17, 15) is 0 Å². The fourth-order valence-electron chi connectivity index (χ4n) is 1.99. The van der Waals surface area contributed by atoms with Gasteiger partial charge in [0, 0.05) is 0 Å². The summed E-state index contributed by atoms with van der Waals surface area (Å²) in [5.74, 6) is 0.541. The van der Waals surface area contributed by atoms with E-state index in [1.807, 2.05) is 39.0 Å². The average molecular weight is 250 g/mol. The van der Waals surface area contributed by atoms with Gasteiger partial charge in [0.25, 0.3) is 0 Å². The zero-order valence-electron chi connectivity index (χ0n) is 12.5. The van der Waals surface area contributed by atoms with Crippen LogP contribution in [0.5, 0.6) is 0 Å². The number of rotatable bonds is 5. The van der Waals surface area contributed by atoms with Crippen molar-refractivity contribution in [2.24, 2.45) is 5.92 Å². The minimum Gasteiger partial charge on any atom is -0.230 e. The molecule has 0 aromatic heterocycles. The van der Waals surface area contributed by atoms with Crippen molar-refractivity contribution in [2.75, 3.05) is 0 Å². The minimum atomic E-state index is -0.400. The molecular formula is C16H26O2. The molecule has 0 saturated heterocycles. The van der Waals surface area contributed by atoms with Gasteiger partial charge >= 0.3 is 0 Å². The van der Waals surface area contributed by atoms with E-state index in [0.717, 1.165) is 12.0 Å². The molecule has 0 amide bonds. The molecule has 0 aliphatic carbocycles. The summed E-state index contributed by atoms with van der Waals surface area (Å²) in [4.78, 5) is 11.3. The molecule has 0 heterocycles.